The van der Waals surface area contributed by atoms with Crippen molar-refractivity contribution in [3.8, 4) is 5.69 Å². The second-order valence-corrected chi connectivity index (χ2v) is 8.50. The van der Waals surface area contributed by atoms with E-state index in [-0.39, 0.29) is 0 Å². The number of hydrogen-bond acceptors (Lipinski definition) is 4. The monoisotopic (exact) mass is 403 g/mol. The Balaban J connectivity index is 1.64. The van der Waals surface area contributed by atoms with E-state index in [9.17, 15) is 0 Å². The molecular formula is C25H33N5. The summed E-state index contributed by atoms with van der Waals surface area (Å²) in [6.07, 6.45) is 10.3. The van der Waals surface area contributed by atoms with Crippen molar-refractivity contribution in [1.29, 1.82) is 0 Å². The van der Waals surface area contributed by atoms with E-state index in [2.05, 4.69) is 58.9 Å². The van der Waals surface area contributed by atoms with Crippen LogP contribution in [-0.4, -0.2) is 50.2 Å². The molecule has 1 aliphatic heterocycles. The Hall–Kier alpha value is -2.50. The maximum Gasteiger partial charge on any atom is 0.0719 e. The Morgan fingerprint density at radius 1 is 1.13 bits per heavy atom. The van der Waals surface area contributed by atoms with Crippen LogP contribution in [0.15, 0.2) is 55.1 Å². The molecule has 0 amide bonds. The van der Waals surface area contributed by atoms with Gasteiger partial charge in [-0.2, -0.15) is 5.10 Å². The zero-order valence-electron chi connectivity index (χ0n) is 18.5. The highest BCUT2D eigenvalue weighted by Crippen LogP contribution is 2.25. The summed E-state index contributed by atoms with van der Waals surface area (Å²) in [6, 6.07) is 11.4. The van der Waals surface area contributed by atoms with Crippen molar-refractivity contribution in [2.45, 2.75) is 52.7 Å². The van der Waals surface area contributed by atoms with E-state index in [1.54, 1.807) is 0 Å². The number of pyridine rings is 1. The van der Waals surface area contributed by atoms with E-state index < -0.39 is 0 Å². The third-order valence-electron chi connectivity index (χ3n) is 6.15. The zero-order valence-corrected chi connectivity index (χ0v) is 18.5. The van der Waals surface area contributed by atoms with E-state index in [4.69, 9.17) is 0 Å². The summed E-state index contributed by atoms with van der Waals surface area (Å²) in [7, 11) is 0. The minimum absolute atomic E-state index is 0.630. The minimum Gasteiger partial charge on any atom is -0.299 e. The molecule has 30 heavy (non-hydrogen) atoms. The molecule has 3 heterocycles. The quantitative estimate of drug-likeness (QED) is 0.560. The first-order chi connectivity index (χ1) is 14.6. The van der Waals surface area contributed by atoms with Crippen LogP contribution in [0.4, 0.5) is 0 Å². The molecule has 1 aliphatic rings. The number of nitrogens with zero attached hydrogens (tertiary/aromatic N) is 5. The van der Waals surface area contributed by atoms with E-state index in [1.165, 1.54) is 47.3 Å². The molecule has 0 spiro atoms. The molecule has 0 aliphatic carbocycles. The molecule has 0 unspecified atom stereocenters. The van der Waals surface area contributed by atoms with Crippen molar-refractivity contribution in [1.82, 2.24) is 24.6 Å². The zero-order chi connectivity index (χ0) is 20.9. The van der Waals surface area contributed by atoms with Crippen molar-refractivity contribution >= 4 is 0 Å². The highest BCUT2D eigenvalue weighted by molar-refractivity contribution is 5.49. The van der Waals surface area contributed by atoms with Crippen molar-refractivity contribution in [3.05, 3.63) is 77.4 Å². The molecule has 0 N–H and O–H groups in total. The van der Waals surface area contributed by atoms with Gasteiger partial charge in [-0.3, -0.25) is 14.8 Å². The number of likely N-dealkylation sites (N-methyl/N-ethyl adjacent to an activating group) is 1. The third-order valence-corrected chi connectivity index (χ3v) is 6.15. The first kappa shape index (κ1) is 20.8. The molecule has 1 aromatic carbocycles. The Morgan fingerprint density at radius 3 is 2.77 bits per heavy atom. The number of likely N-dealkylation sites (tertiary alicyclic amines) is 1. The summed E-state index contributed by atoms with van der Waals surface area (Å²) >= 11 is 0. The fourth-order valence-electron chi connectivity index (χ4n) is 4.89. The first-order valence-electron chi connectivity index (χ1n) is 11.1. The second-order valence-electron chi connectivity index (χ2n) is 8.50. The summed E-state index contributed by atoms with van der Waals surface area (Å²) < 4.78 is 2.01. The molecule has 5 heteroatoms. The molecule has 158 valence electrons. The number of hydrogen-bond donors (Lipinski definition) is 0. The summed E-state index contributed by atoms with van der Waals surface area (Å²) in [4.78, 5) is 9.57. The highest BCUT2D eigenvalue weighted by Gasteiger charge is 2.26. The van der Waals surface area contributed by atoms with Crippen LogP contribution >= 0.6 is 0 Å². The fraction of sp³-hybridized carbons (Fsp3) is 0.440. The van der Waals surface area contributed by atoms with E-state index in [0.29, 0.717) is 6.04 Å². The normalized spacial score (nSPS) is 17.1. The van der Waals surface area contributed by atoms with E-state index >= 15 is 0 Å². The summed E-state index contributed by atoms with van der Waals surface area (Å²) in [6.45, 7) is 11.9. The lowest BCUT2D eigenvalue weighted by molar-refractivity contribution is 0.166. The summed E-state index contributed by atoms with van der Waals surface area (Å²) in [5, 5.41) is 4.54. The Morgan fingerprint density at radius 2 is 2.03 bits per heavy atom. The standard InChI is InChI=1S/C25H33N5/c1-4-29-12-6-9-24(29)19-28(17-22-8-5-10-26-16-22)18-23-15-20(2)14-21(3)25(23)30-13-7-11-27-30/h5,7-8,10-11,13-16,24H,4,6,9,12,17-19H2,1-3H3/t24-/m0/s1. The van der Waals surface area contributed by atoms with Crippen LogP contribution < -0.4 is 0 Å². The third kappa shape index (κ3) is 4.79. The van der Waals surface area contributed by atoms with Gasteiger partial charge in [-0.1, -0.05) is 30.7 Å². The average molecular weight is 404 g/mol. The van der Waals surface area contributed by atoms with Crippen LogP contribution in [0.25, 0.3) is 5.69 Å². The molecule has 3 aromatic rings. The van der Waals surface area contributed by atoms with Gasteiger partial charge >= 0.3 is 0 Å². The molecule has 0 radical (unpaired) electrons. The average Bonchev–Trinajstić information content (AvgIpc) is 3.40. The van der Waals surface area contributed by atoms with Gasteiger partial charge in [0.15, 0.2) is 0 Å². The van der Waals surface area contributed by atoms with Gasteiger partial charge in [0.1, 0.15) is 0 Å². The molecule has 0 bridgehead atoms. The Bertz CT molecular complexity index is 936. The lowest BCUT2D eigenvalue weighted by Crippen LogP contribution is -2.40. The van der Waals surface area contributed by atoms with Gasteiger partial charge in [0, 0.05) is 50.5 Å². The van der Waals surface area contributed by atoms with Gasteiger partial charge in [-0.15, -0.1) is 0 Å². The minimum atomic E-state index is 0.630. The largest absolute Gasteiger partial charge is 0.299 e. The summed E-state index contributed by atoms with van der Waals surface area (Å²) in [5.74, 6) is 0. The molecule has 5 nitrogen and oxygen atoms in total. The first-order valence-corrected chi connectivity index (χ1v) is 11.1. The number of aromatic nitrogens is 3. The van der Waals surface area contributed by atoms with Crippen LogP contribution in [0, 0.1) is 13.8 Å². The van der Waals surface area contributed by atoms with Crippen LogP contribution in [0.3, 0.4) is 0 Å². The smallest absolute Gasteiger partial charge is 0.0719 e. The fourth-order valence-corrected chi connectivity index (χ4v) is 4.89. The van der Waals surface area contributed by atoms with Gasteiger partial charge in [-0.05, 0) is 68.6 Å². The predicted octanol–water partition coefficient (Wildman–Crippen LogP) is 4.37. The van der Waals surface area contributed by atoms with Crippen LogP contribution in [0.2, 0.25) is 0 Å². The Labute approximate surface area is 180 Å². The maximum atomic E-state index is 4.54. The number of benzene rings is 1. The van der Waals surface area contributed by atoms with Crippen LogP contribution in [-0.2, 0) is 13.1 Å². The molecular weight excluding hydrogens is 370 g/mol. The maximum absolute atomic E-state index is 4.54. The van der Waals surface area contributed by atoms with E-state index in [1.807, 2.05) is 41.6 Å². The second kappa shape index (κ2) is 9.54. The summed E-state index contributed by atoms with van der Waals surface area (Å²) in [5.41, 5.74) is 6.38. The molecule has 1 atom stereocenters. The van der Waals surface area contributed by atoms with Crippen molar-refractivity contribution in [2.75, 3.05) is 19.6 Å². The molecule has 2 aromatic heterocycles. The molecule has 1 fully saturated rings. The van der Waals surface area contributed by atoms with Crippen molar-refractivity contribution < 1.29 is 0 Å². The number of aryl methyl sites for hydroxylation is 2. The van der Waals surface area contributed by atoms with Crippen molar-refractivity contribution in [3.63, 3.8) is 0 Å². The van der Waals surface area contributed by atoms with Gasteiger partial charge in [-0.25, -0.2) is 4.68 Å². The predicted molar refractivity (Wildman–Crippen MR) is 122 cm³/mol. The van der Waals surface area contributed by atoms with Crippen molar-refractivity contribution in [2.24, 2.45) is 0 Å². The topological polar surface area (TPSA) is 37.2 Å². The lowest BCUT2D eigenvalue weighted by atomic mass is 10.0. The molecule has 0 saturated carbocycles. The van der Waals surface area contributed by atoms with Gasteiger partial charge in [0.25, 0.3) is 0 Å². The van der Waals surface area contributed by atoms with E-state index in [0.717, 1.165) is 26.2 Å². The SMILES string of the molecule is CCN1CCC[C@H]1CN(Cc1cccnc1)Cc1cc(C)cc(C)c1-n1cccn1. The highest BCUT2D eigenvalue weighted by atomic mass is 15.3. The number of rotatable bonds is 8. The lowest BCUT2D eigenvalue weighted by Gasteiger charge is -2.31. The van der Waals surface area contributed by atoms with Gasteiger partial charge in [0.05, 0.1) is 5.69 Å². The molecule has 1 saturated heterocycles. The van der Waals surface area contributed by atoms with Gasteiger partial charge in [0.2, 0.25) is 0 Å². The van der Waals surface area contributed by atoms with Crippen LogP contribution in [0.1, 0.15) is 42.0 Å². The van der Waals surface area contributed by atoms with Crippen LogP contribution in [0.5, 0.6) is 0 Å². The van der Waals surface area contributed by atoms with Gasteiger partial charge < -0.3 is 0 Å². The molecule has 4 rings (SSSR count). The Kier molecular flexibility index (Phi) is 6.60.